The third-order valence-electron chi connectivity index (χ3n) is 7.43. The molecule has 11 heteroatoms. The van der Waals surface area contributed by atoms with Crippen molar-refractivity contribution in [1.82, 2.24) is 20.8 Å². The molecule has 1 aromatic rings. The van der Waals surface area contributed by atoms with E-state index < -0.39 is 35.2 Å². The van der Waals surface area contributed by atoms with E-state index in [0.717, 1.165) is 24.0 Å². The smallest absolute Gasteiger partial charge is 0.410 e. The molecule has 11 nitrogen and oxygen atoms in total. The number of hydrazine groups is 1. The lowest BCUT2D eigenvalue weighted by Crippen LogP contribution is -2.60. The summed E-state index contributed by atoms with van der Waals surface area (Å²) >= 11 is 0. The number of nitrogens with zero attached hydrogens (tertiary/aromatic N) is 3. The maximum atomic E-state index is 14.5. The van der Waals surface area contributed by atoms with E-state index in [4.69, 9.17) is 9.47 Å². The Hall–Kier alpha value is -3.18. The van der Waals surface area contributed by atoms with Gasteiger partial charge in [0.05, 0.1) is 12.0 Å². The normalized spacial score (nSPS) is 22.7. The number of unbranched alkanes of at least 4 members (excludes halogenated alkanes) is 1. The van der Waals surface area contributed by atoms with Crippen molar-refractivity contribution in [3.05, 3.63) is 35.4 Å². The van der Waals surface area contributed by atoms with Crippen LogP contribution < -0.4 is 11.0 Å². The molecule has 3 atom stereocenters. The summed E-state index contributed by atoms with van der Waals surface area (Å²) in [5.74, 6) is -2.03. The first kappa shape index (κ1) is 32.3. The molecule has 228 valence electrons. The zero-order valence-corrected chi connectivity index (χ0v) is 25.5. The van der Waals surface area contributed by atoms with Gasteiger partial charge in [0.15, 0.2) is 5.71 Å². The van der Waals surface area contributed by atoms with E-state index in [2.05, 4.69) is 16.1 Å². The Balaban J connectivity index is 1.98. The van der Waals surface area contributed by atoms with Gasteiger partial charge in [-0.1, -0.05) is 43.7 Å². The van der Waals surface area contributed by atoms with Gasteiger partial charge in [-0.05, 0) is 64.9 Å². The molecule has 41 heavy (non-hydrogen) atoms. The molecule has 0 saturated carbocycles. The number of methoxy groups -OCH3 is 1. The van der Waals surface area contributed by atoms with Gasteiger partial charge >= 0.3 is 12.1 Å². The topological polar surface area (TPSA) is 133 Å². The lowest BCUT2D eigenvalue weighted by molar-refractivity contribution is -0.146. The summed E-state index contributed by atoms with van der Waals surface area (Å²) in [6.07, 6.45) is 1.84. The third-order valence-corrected chi connectivity index (χ3v) is 7.43. The Bertz CT molecular complexity index is 1100. The Morgan fingerprint density at radius 1 is 1.17 bits per heavy atom. The predicted molar refractivity (Wildman–Crippen MR) is 156 cm³/mol. The van der Waals surface area contributed by atoms with E-state index in [-0.39, 0.29) is 31.3 Å². The zero-order chi connectivity index (χ0) is 30.4. The maximum Gasteiger partial charge on any atom is 0.410 e. The minimum absolute atomic E-state index is 0.0291. The van der Waals surface area contributed by atoms with E-state index in [1.807, 2.05) is 45.0 Å². The minimum atomic E-state index is -1.01. The van der Waals surface area contributed by atoms with Crippen LogP contribution in [0.3, 0.4) is 0 Å². The number of aryl methyl sites for hydroxylation is 1. The van der Waals surface area contributed by atoms with E-state index in [1.54, 1.807) is 32.8 Å². The van der Waals surface area contributed by atoms with Crippen molar-refractivity contribution in [2.45, 2.75) is 84.4 Å². The molecule has 1 aromatic carbocycles. The second-order valence-electron chi connectivity index (χ2n) is 12.6. The molecule has 2 heterocycles. The quantitative estimate of drug-likeness (QED) is 0.342. The highest BCUT2D eigenvalue weighted by Gasteiger charge is 2.48. The van der Waals surface area contributed by atoms with Crippen molar-refractivity contribution < 1.29 is 29.0 Å². The molecule has 0 aliphatic carbocycles. The fourth-order valence-corrected chi connectivity index (χ4v) is 5.45. The molecule has 1 unspecified atom stereocenters. The van der Waals surface area contributed by atoms with E-state index in [1.165, 1.54) is 4.90 Å². The first-order valence-corrected chi connectivity index (χ1v) is 14.5. The molecule has 2 amide bonds. The molecule has 0 spiro atoms. The van der Waals surface area contributed by atoms with Gasteiger partial charge in [0.2, 0.25) is 0 Å². The molecular formula is C30H47N5O6. The number of hydrogen-bond donors (Lipinski definition) is 3. The number of hydrogen-bond acceptors (Lipinski definition) is 8. The zero-order valence-electron chi connectivity index (χ0n) is 25.5. The van der Waals surface area contributed by atoms with Gasteiger partial charge in [-0.3, -0.25) is 9.59 Å². The molecule has 0 radical (unpaired) electrons. The third kappa shape index (κ3) is 8.19. The summed E-state index contributed by atoms with van der Waals surface area (Å²) < 4.78 is 10.8. The van der Waals surface area contributed by atoms with Gasteiger partial charge in [0, 0.05) is 33.4 Å². The average molecular weight is 574 g/mol. The van der Waals surface area contributed by atoms with E-state index in [9.17, 15) is 19.5 Å². The van der Waals surface area contributed by atoms with Crippen LogP contribution >= 0.6 is 0 Å². The van der Waals surface area contributed by atoms with E-state index >= 15 is 0 Å². The molecule has 3 N–H and O–H groups in total. The standard InChI is InChI=1S/C30H47N5O6/c1-20(2)17-35(24-16-22(27(37)38)18-34(19-24)28(39)41-29(4,5)6)26(36)25-30(32-33-31-25,14-8-9-15-40-7)23-12-10-21(3)11-13-23/h10-13,20,22,24,32-33H,8-9,14-19H2,1-7H3,(H,37,38)/t22-,24+,30?/m1/s1. The number of benzene rings is 1. The van der Waals surface area contributed by atoms with Crippen molar-refractivity contribution in [1.29, 1.82) is 0 Å². The molecule has 0 aromatic heterocycles. The number of carboxylic acid groups (broad SMARTS) is 1. The lowest BCUT2D eigenvalue weighted by atomic mass is 9.80. The van der Waals surface area contributed by atoms with Gasteiger partial charge in [-0.2, -0.15) is 5.10 Å². The lowest BCUT2D eigenvalue weighted by Gasteiger charge is -2.43. The summed E-state index contributed by atoms with van der Waals surface area (Å²) in [5, 5.41) is 14.4. The molecule has 1 fully saturated rings. The molecule has 2 aliphatic heterocycles. The maximum absolute atomic E-state index is 14.5. The van der Waals surface area contributed by atoms with Gasteiger partial charge in [-0.15, -0.1) is 0 Å². The first-order valence-electron chi connectivity index (χ1n) is 14.5. The van der Waals surface area contributed by atoms with Crippen LogP contribution in [-0.4, -0.2) is 83.6 Å². The SMILES string of the molecule is COCCCCC1(c2ccc(C)cc2)NNN=C1C(=O)N(CC(C)C)[C@H]1C[C@@H](C(=O)O)CN(C(=O)OC(C)(C)C)C1. The van der Waals surface area contributed by atoms with Crippen LogP contribution in [0.5, 0.6) is 0 Å². The summed E-state index contributed by atoms with van der Waals surface area (Å²) in [6, 6.07) is 7.51. The molecule has 0 bridgehead atoms. The minimum Gasteiger partial charge on any atom is -0.481 e. The number of amides is 2. The van der Waals surface area contributed by atoms with Crippen LogP contribution in [0.2, 0.25) is 0 Å². The summed E-state index contributed by atoms with van der Waals surface area (Å²) in [6.45, 7) is 12.5. The van der Waals surface area contributed by atoms with Gasteiger partial charge < -0.3 is 24.4 Å². The van der Waals surface area contributed by atoms with Crippen LogP contribution in [0.15, 0.2) is 29.4 Å². The number of hydrazone groups is 1. The van der Waals surface area contributed by atoms with E-state index in [0.29, 0.717) is 25.3 Å². The number of nitrogens with one attached hydrogen (secondary N) is 2. The number of piperidine rings is 1. The van der Waals surface area contributed by atoms with Crippen molar-refractivity contribution in [2.24, 2.45) is 16.9 Å². The van der Waals surface area contributed by atoms with Crippen molar-refractivity contribution in [3.8, 4) is 0 Å². The first-order chi connectivity index (χ1) is 19.3. The number of rotatable bonds is 11. The number of carbonyl (C=O) groups excluding carboxylic acids is 2. The summed E-state index contributed by atoms with van der Waals surface area (Å²) in [5.41, 5.74) is 6.86. The van der Waals surface area contributed by atoms with Crippen molar-refractivity contribution in [2.75, 3.05) is 33.4 Å². The number of likely N-dealkylation sites (tertiary alicyclic amines) is 1. The largest absolute Gasteiger partial charge is 0.481 e. The van der Waals surface area contributed by atoms with Crippen LogP contribution in [0.25, 0.3) is 0 Å². The van der Waals surface area contributed by atoms with Crippen LogP contribution in [-0.2, 0) is 24.6 Å². The van der Waals surface area contributed by atoms with Crippen LogP contribution in [0, 0.1) is 18.8 Å². The number of carboxylic acids is 1. The Labute approximate surface area is 243 Å². The van der Waals surface area contributed by atoms with Crippen LogP contribution in [0.1, 0.15) is 71.4 Å². The number of aliphatic carboxylic acids is 1. The highest BCUT2D eigenvalue weighted by Crippen LogP contribution is 2.34. The summed E-state index contributed by atoms with van der Waals surface area (Å²) in [7, 11) is 1.67. The molecule has 3 rings (SSSR count). The van der Waals surface area contributed by atoms with Gasteiger partial charge in [0.25, 0.3) is 5.91 Å². The molecular weight excluding hydrogens is 526 g/mol. The Kier molecular flexibility index (Phi) is 10.8. The fraction of sp³-hybridized carbons (Fsp3) is 0.667. The second-order valence-corrected chi connectivity index (χ2v) is 12.6. The van der Waals surface area contributed by atoms with Crippen LogP contribution in [0.4, 0.5) is 4.79 Å². The predicted octanol–water partition coefficient (Wildman–Crippen LogP) is 3.67. The molecule has 2 aliphatic rings. The monoisotopic (exact) mass is 573 g/mol. The number of ether oxygens (including phenoxy) is 2. The highest BCUT2D eigenvalue weighted by molar-refractivity contribution is 6.42. The number of carbonyl (C=O) groups is 3. The summed E-state index contributed by atoms with van der Waals surface area (Å²) in [4.78, 5) is 42.9. The molecule has 1 saturated heterocycles. The Morgan fingerprint density at radius 2 is 1.85 bits per heavy atom. The second kappa shape index (κ2) is 13.7. The van der Waals surface area contributed by atoms with Gasteiger partial charge in [-0.25, -0.2) is 15.8 Å². The van der Waals surface area contributed by atoms with Gasteiger partial charge in [0.1, 0.15) is 11.1 Å². The fourth-order valence-electron chi connectivity index (χ4n) is 5.45. The Morgan fingerprint density at radius 3 is 2.44 bits per heavy atom. The highest BCUT2D eigenvalue weighted by atomic mass is 16.6. The average Bonchev–Trinajstić information content (AvgIpc) is 3.33. The van der Waals surface area contributed by atoms with Crippen molar-refractivity contribution >= 4 is 23.7 Å². The van der Waals surface area contributed by atoms with Crippen molar-refractivity contribution in [3.63, 3.8) is 0 Å².